The Morgan fingerprint density at radius 3 is 2.59 bits per heavy atom. The highest BCUT2D eigenvalue weighted by Gasteiger charge is 2.29. The third kappa shape index (κ3) is 2.35. The molecule has 0 aromatic carbocycles. The lowest BCUT2D eigenvalue weighted by Crippen LogP contribution is -2.32. The molecule has 2 heterocycles. The van der Waals surface area contributed by atoms with Gasteiger partial charge in [-0.1, -0.05) is 18.0 Å². The van der Waals surface area contributed by atoms with Crippen molar-refractivity contribution in [2.45, 2.75) is 44.4 Å². The number of hydrogen-bond donors (Lipinski definition) is 0. The minimum Gasteiger partial charge on any atom is -0.360 e. The van der Waals surface area contributed by atoms with Crippen molar-refractivity contribution in [1.82, 2.24) is 10.1 Å². The molecule has 2 fully saturated rings. The molecule has 0 radical (unpaired) electrons. The van der Waals surface area contributed by atoms with Crippen LogP contribution in [-0.2, 0) is 0 Å². The monoisotopic (exact) mass is 234 g/mol. The second-order valence-corrected chi connectivity index (χ2v) is 5.10. The Labute approximate surface area is 101 Å². The van der Waals surface area contributed by atoms with Gasteiger partial charge in [0.1, 0.15) is 5.76 Å². The largest absolute Gasteiger partial charge is 0.360 e. The van der Waals surface area contributed by atoms with Crippen molar-refractivity contribution in [3.05, 3.63) is 17.5 Å². The molecule has 1 aliphatic heterocycles. The van der Waals surface area contributed by atoms with E-state index in [4.69, 9.17) is 4.52 Å². The highest BCUT2D eigenvalue weighted by molar-refractivity contribution is 5.92. The maximum Gasteiger partial charge on any atom is 0.276 e. The highest BCUT2D eigenvalue weighted by Crippen LogP contribution is 2.40. The van der Waals surface area contributed by atoms with Crippen LogP contribution in [0.5, 0.6) is 0 Å². The molecular weight excluding hydrogens is 216 g/mol. The molecule has 2 aliphatic rings. The summed E-state index contributed by atoms with van der Waals surface area (Å²) in [5.74, 6) is 1.46. The second kappa shape index (κ2) is 4.51. The zero-order valence-corrected chi connectivity index (χ0v) is 10.0. The first-order valence-corrected chi connectivity index (χ1v) is 6.60. The van der Waals surface area contributed by atoms with Crippen LogP contribution in [0.4, 0.5) is 0 Å². The van der Waals surface area contributed by atoms with Crippen molar-refractivity contribution in [3.8, 4) is 0 Å². The fourth-order valence-electron chi connectivity index (χ4n) is 2.39. The molecular formula is C13H18N2O2. The number of likely N-dealkylation sites (tertiary alicyclic amines) is 1. The molecule has 1 aromatic rings. The van der Waals surface area contributed by atoms with E-state index in [0.717, 1.165) is 31.7 Å². The number of carbonyl (C=O) groups excluding carboxylic acids is 1. The summed E-state index contributed by atoms with van der Waals surface area (Å²) in [6.07, 6.45) is 7.03. The van der Waals surface area contributed by atoms with Crippen LogP contribution in [0, 0.1) is 0 Å². The molecule has 0 unspecified atom stereocenters. The first-order valence-electron chi connectivity index (χ1n) is 6.60. The van der Waals surface area contributed by atoms with Gasteiger partial charge in [0.2, 0.25) is 0 Å². The van der Waals surface area contributed by atoms with Gasteiger partial charge in [0.05, 0.1) is 0 Å². The fourth-order valence-corrected chi connectivity index (χ4v) is 2.39. The Morgan fingerprint density at radius 2 is 1.94 bits per heavy atom. The van der Waals surface area contributed by atoms with Crippen molar-refractivity contribution >= 4 is 5.91 Å². The highest BCUT2D eigenvalue weighted by atomic mass is 16.5. The van der Waals surface area contributed by atoms with E-state index in [2.05, 4.69) is 5.16 Å². The average Bonchev–Trinajstić information content (AvgIpc) is 3.13. The summed E-state index contributed by atoms with van der Waals surface area (Å²) >= 11 is 0. The Bertz CT molecular complexity index is 401. The molecule has 1 aliphatic carbocycles. The molecule has 0 spiro atoms. The third-order valence-corrected chi connectivity index (χ3v) is 3.62. The molecule has 4 nitrogen and oxygen atoms in total. The summed E-state index contributed by atoms with van der Waals surface area (Å²) in [5, 5.41) is 3.92. The van der Waals surface area contributed by atoms with Crippen LogP contribution in [0.25, 0.3) is 0 Å². The Morgan fingerprint density at radius 1 is 1.24 bits per heavy atom. The molecule has 1 saturated carbocycles. The zero-order valence-electron chi connectivity index (χ0n) is 10.0. The van der Waals surface area contributed by atoms with Crippen molar-refractivity contribution in [2.75, 3.05) is 13.1 Å². The molecule has 1 amide bonds. The van der Waals surface area contributed by atoms with Crippen LogP contribution in [-0.4, -0.2) is 29.1 Å². The normalized spacial score (nSPS) is 21.3. The molecule has 1 aromatic heterocycles. The number of amides is 1. The Hall–Kier alpha value is -1.32. The van der Waals surface area contributed by atoms with Crippen LogP contribution in [0.1, 0.15) is 60.7 Å². The molecule has 92 valence electrons. The summed E-state index contributed by atoms with van der Waals surface area (Å²) < 4.78 is 5.23. The van der Waals surface area contributed by atoms with Crippen molar-refractivity contribution in [2.24, 2.45) is 0 Å². The van der Waals surface area contributed by atoms with Crippen LogP contribution in [0.15, 0.2) is 10.6 Å². The maximum atomic E-state index is 12.2. The first kappa shape index (κ1) is 10.8. The number of nitrogens with zero attached hydrogens (tertiary/aromatic N) is 2. The summed E-state index contributed by atoms with van der Waals surface area (Å²) in [5.41, 5.74) is 0.494. The Kier molecular flexibility index (Phi) is 2.87. The van der Waals surface area contributed by atoms with E-state index in [-0.39, 0.29) is 5.91 Å². The van der Waals surface area contributed by atoms with Crippen molar-refractivity contribution in [3.63, 3.8) is 0 Å². The van der Waals surface area contributed by atoms with E-state index in [9.17, 15) is 4.79 Å². The lowest BCUT2D eigenvalue weighted by molar-refractivity contribution is 0.0751. The molecule has 3 rings (SSSR count). The van der Waals surface area contributed by atoms with Gasteiger partial charge in [-0.3, -0.25) is 4.79 Å². The lowest BCUT2D eigenvalue weighted by atomic mass is 10.2. The molecule has 0 atom stereocenters. The standard InChI is InChI=1S/C13H18N2O2/c16-13(15-7-3-1-2-4-8-15)11-9-12(17-14-11)10-5-6-10/h9-10H,1-8H2. The minimum atomic E-state index is 0.0440. The maximum absolute atomic E-state index is 12.2. The summed E-state index contributed by atoms with van der Waals surface area (Å²) in [6.45, 7) is 1.73. The number of carbonyl (C=O) groups is 1. The van der Waals surface area contributed by atoms with E-state index in [1.54, 1.807) is 0 Å². The zero-order chi connectivity index (χ0) is 11.7. The van der Waals surface area contributed by atoms with Gasteiger partial charge in [-0.05, 0) is 25.7 Å². The lowest BCUT2D eigenvalue weighted by Gasteiger charge is -2.18. The van der Waals surface area contributed by atoms with E-state index in [0.29, 0.717) is 11.6 Å². The van der Waals surface area contributed by atoms with Gasteiger partial charge in [-0.15, -0.1) is 0 Å². The van der Waals surface area contributed by atoms with Gasteiger partial charge in [-0.2, -0.15) is 0 Å². The quantitative estimate of drug-likeness (QED) is 0.790. The predicted octanol–water partition coefficient (Wildman–Crippen LogP) is 2.57. The summed E-state index contributed by atoms with van der Waals surface area (Å²) in [7, 11) is 0. The van der Waals surface area contributed by atoms with E-state index in [1.807, 2.05) is 11.0 Å². The van der Waals surface area contributed by atoms with Crippen LogP contribution in [0.2, 0.25) is 0 Å². The van der Waals surface area contributed by atoms with Gasteiger partial charge in [-0.25, -0.2) is 0 Å². The molecule has 1 saturated heterocycles. The molecule has 0 bridgehead atoms. The molecule has 0 N–H and O–H groups in total. The first-order chi connectivity index (χ1) is 8.34. The van der Waals surface area contributed by atoms with E-state index >= 15 is 0 Å². The predicted molar refractivity (Wildman–Crippen MR) is 62.8 cm³/mol. The van der Waals surface area contributed by atoms with Gasteiger partial charge in [0, 0.05) is 25.1 Å². The fraction of sp³-hybridized carbons (Fsp3) is 0.692. The van der Waals surface area contributed by atoms with Crippen LogP contribution in [0.3, 0.4) is 0 Å². The smallest absolute Gasteiger partial charge is 0.276 e. The second-order valence-electron chi connectivity index (χ2n) is 5.10. The number of hydrogen-bond acceptors (Lipinski definition) is 3. The molecule has 17 heavy (non-hydrogen) atoms. The van der Waals surface area contributed by atoms with Crippen molar-refractivity contribution < 1.29 is 9.32 Å². The van der Waals surface area contributed by atoms with Crippen LogP contribution >= 0.6 is 0 Å². The van der Waals surface area contributed by atoms with Gasteiger partial charge >= 0.3 is 0 Å². The van der Waals surface area contributed by atoms with Gasteiger partial charge in [0.15, 0.2) is 5.69 Å². The topological polar surface area (TPSA) is 46.3 Å². The third-order valence-electron chi connectivity index (χ3n) is 3.62. The van der Waals surface area contributed by atoms with E-state index in [1.165, 1.54) is 25.7 Å². The summed E-state index contributed by atoms with van der Waals surface area (Å²) in [6, 6.07) is 1.84. The average molecular weight is 234 g/mol. The Balaban J connectivity index is 1.70. The van der Waals surface area contributed by atoms with Crippen molar-refractivity contribution in [1.29, 1.82) is 0 Å². The number of rotatable bonds is 2. The number of aromatic nitrogens is 1. The summed E-state index contributed by atoms with van der Waals surface area (Å²) in [4.78, 5) is 14.1. The van der Waals surface area contributed by atoms with Gasteiger partial charge < -0.3 is 9.42 Å². The molecule has 4 heteroatoms. The SMILES string of the molecule is O=C(c1cc(C2CC2)on1)N1CCCCCC1. The van der Waals surface area contributed by atoms with Gasteiger partial charge in [0.25, 0.3) is 5.91 Å². The minimum absolute atomic E-state index is 0.0440. The van der Waals surface area contributed by atoms with Crippen LogP contribution < -0.4 is 0 Å². The van der Waals surface area contributed by atoms with E-state index < -0.39 is 0 Å².